The second kappa shape index (κ2) is 5.89. The molecule has 0 amide bonds. The third-order valence-corrected chi connectivity index (χ3v) is 2.11. The summed E-state index contributed by atoms with van der Waals surface area (Å²) in [6.07, 6.45) is 2.69. The lowest BCUT2D eigenvalue weighted by atomic mass is 10.3. The van der Waals surface area contributed by atoms with Gasteiger partial charge in [-0.1, -0.05) is 0 Å². The van der Waals surface area contributed by atoms with Crippen molar-refractivity contribution in [2.45, 2.75) is 12.8 Å². The molecule has 6 heteroatoms. The summed E-state index contributed by atoms with van der Waals surface area (Å²) in [6, 6.07) is 1.63. The van der Waals surface area contributed by atoms with Crippen molar-refractivity contribution in [2.24, 2.45) is 0 Å². The van der Waals surface area contributed by atoms with Crippen LogP contribution in [0.3, 0.4) is 0 Å². The van der Waals surface area contributed by atoms with Crippen molar-refractivity contribution in [3.05, 3.63) is 12.3 Å². The van der Waals surface area contributed by atoms with Gasteiger partial charge in [-0.3, -0.25) is 4.79 Å². The average molecular weight is 224 g/mol. The van der Waals surface area contributed by atoms with Crippen molar-refractivity contribution < 1.29 is 9.53 Å². The molecule has 1 aromatic rings. The number of nitrogens with two attached hydrogens (primary N) is 1. The number of hydrogen-bond acceptors (Lipinski definition) is 6. The molecule has 0 aromatic carbocycles. The van der Waals surface area contributed by atoms with Crippen molar-refractivity contribution in [1.29, 1.82) is 0 Å². The Morgan fingerprint density at radius 1 is 1.62 bits per heavy atom. The zero-order chi connectivity index (χ0) is 12.0. The number of methoxy groups -OCH3 is 1. The quantitative estimate of drug-likeness (QED) is 0.731. The summed E-state index contributed by atoms with van der Waals surface area (Å²) in [5.41, 5.74) is 5.54. The SMILES string of the molecule is COC(=O)CCCN(C)c1nccc(N)n1. The molecule has 1 heterocycles. The number of aromatic nitrogens is 2. The highest BCUT2D eigenvalue weighted by Crippen LogP contribution is 2.07. The van der Waals surface area contributed by atoms with Crippen molar-refractivity contribution >= 4 is 17.7 Å². The third kappa shape index (κ3) is 3.72. The van der Waals surface area contributed by atoms with Gasteiger partial charge in [0.15, 0.2) is 0 Å². The predicted octanol–water partition coefficient (Wildman–Crippen LogP) is 0.448. The lowest BCUT2D eigenvalue weighted by molar-refractivity contribution is -0.140. The minimum atomic E-state index is -0.207. The maximum Gasteiger partial charge on any atom is 0.305 e. The van der Waals surface area contributed by atoms with E-state index in [0.717, 1.165) is 0 Å². The van der Waals surface area contributed by atoms with Crippen LogP contribution in [0.5, 0.6) is 0 Å². The Morgan fingerprint density at radius 3 is 3.00 bits per heavy atom. The first-order valence-electron chi connectivity index (χ1n) is 5.00. The summed E-state index contributed by atoms with van der Waals surface area (Å²) in [6.45, 7) is 0.679. The Bertz CT molecular complexity index is 356. The van der Waals surface area contributed by atoms with E-state index in [2.05, 4.69) is 14.7 Å². The molecule has 1 rings (SSSR count). The molecule has 0 aliphatic rings. The largest absolute Gasteiger partial charge is 0.469 e. The topological polar surface area (TPSA) is 81.3 Å². The first-order chi connectivity index (χ1) is 7.63. The first-order valence-corrected chi connectivity index (χ1v) is 5.00. The number of nitrogens with zero attached hydrogens (tertiary/aromatic N) is 3. The molecule has 0 radical (unpaired) electrons. The number of hydrogen-bond donors (Lipinski definition) is 1. The number of carbonyl (C=O) groups excluding carboxylic acids is 1. The highest BCUT2D eigenvalue weighted by Gasteiger charge is 2.06. The van der Waals surface area contributed by atoms with Crippen LogP contribution < -0.4 is 10.6 Å². The predicted molar refractivity (Wildman–Crippen MR) is 61.0 cm³/mol. The van der Waals surface area contributed by atoms with Crippen LogP contribution in [0.2, 0.25) is 0 Å². The number of esters is 1. The van der Waals surface area contributed by atoms with Gasteiger partial charge in [-0.15, -0.1) is 0 Å². The molecule has 6 nitrogen and oxygen atoms in total. The molecule has 0 bridgehead atoms. The summed E-state index contributed by atoms with van der Waals surface area (Å²) in [4.78, 5) is 20.9. The molecule has 16 heavy (non-hydrogen) atoms. The van der Waals surface area contributed by atoms with E-state index in [1.807, 2.05) is 11.9 Å². The lowest BCUT2D eigenvalue weighted by Crippen LogP contribution is -2.22. The Kier molecular flexibility index (Phi) is 4.50. The number of carbonyl (C=O) groups is 1. The van der Waals surface area contributed by atoms with Gasteiger partial charge >= 0.3 is 5.97 Å². The zero-order valence-corrected chi connectivity index (χ0v) is 9.51. The molecular formula is C10H16N4O2. The van der Waals surface area contributed by atoms with Crippen LogP contribution in [-0.4, -0.2) is 36.6 Å². The van der Waals surface area contributed by atoms with Crippen LogP contribution in [0.15, 0.2) is 12.3 Å². The van der Waals surface area contributed by atoms with Crippen molar-refractivity contribution in [3.63, 3.8) is 0 Å². The van der Waals surface area contributed by atoms with E-state index in [1.165, 1.54) is 7.11 Å². The Labute approximate surface area is 94.4 Å². The fourth-order valence-electron chi connectivity index (χ4n) is 1.21. The van der Waals surface area contributed by atoms with Gasteiger partial charge in [-0.05, 0) is 12.5 Å². The maximum atomic E-state index is 10.9. The van der Waals surface area contributed by atoms with E-state index < -0.39 is 0 Å². The van der Waals surface area contributed by atoms with Gasteiger partial charge in [-0.2, -0.15) is 4.98 Å². The Hall–Kier alpha value is -1.85. The summed E-state index contributed by atoms with van der Waals surface area (Å²) >= 11 is 0. The van der Waals surface area contributed by atoms with Crippen LogP contribution >= 0.6 is 0 Å². The maximum absolute atomic E-state index is 10.9. The summed E-state index contributed by atoms with van der Waals surface area (Å²) in [5.74, 6) is 0.788. The van der Waals surface area contributed by atoms with Crippen LogP contribution in [0, 0.1) is 0 Å². The van der Waals surface area contributed by atoms with Gasteiger partial charge < -0.3 is 15.4 Å². The van der Waals surface area contributed by atoms with Crippen molar-refractivity contribution in [2.75, 3.05) is 31.3 Å². The molecule has 0 aliphatic heterocycles. The van der Waals surface area contributed by atoms with Crippen molar-refractivity contribution in [1.82, 2.24) is 9.97 Å². The molecule has 2 N–H and O–H groups in total. The molecule has 0 saturated carbocycles. The van der Waals surface area contributed by atoms with Crippen LogP contribution in [0.1, 0.15) is 12.8 Å². The van der Waals surface area contributed by atoms with Crippen molar-refractivity contribution in [3.8, 4) is 0 Å². The average Bonchev–Trinajstić information content (AvgIpc) is 2.28. The van der Waals surface area contributed by atoms with E-state index in [4.69, 9.17) is 5.73 Å². The van der Waals surface area contributed by atoms with E-state index in [1.54, 1.807) is 12.3 Å². The fraction of sp³-hybridized carbons (Fsp3) is 0.500. The summed E-state index contributed by atoms with van der Waals surface area (Å²) in [7, 11) is 3.24. The Morgan fingerprint density at radius 2 is 2.38 bits per heavy atom. The van der Waals surface area contributed by atoms with Gasteiger partial charge in [0.05, 0.1) is 7.11 Å². The molecule has 0 unspecified atom stereocenters. The summed E-state index contributed by atoms with van der Waals surface area (Å²) < 4.78 is 4.55. The van der Waals surface area contributed by atoms with Gasteiger partial charge in [-0.25, -0.2) is 4.98 Å². The normalized spacial score (nSPS) is 9.88. The molecule has 1 aromatic heterocycles. The molecule has 0 fully saturated rings. The second-order valence-electron chi connectivity index (χ2n) is 3.38. The molecule has 0 aliphatic carbocycles. The lowest BCUT2D eigenvalue weighted by Gasteiger charge is -2.16. The van der Waals surface area contributed by atoms with Crippen LogP contribution in [0.4, 0.5) is 11.8 Å². The summed E-state index contributed by atoms with van der Waals surface area (Å²) in [5, 5.41) is 0. The highest BCUT2D eigenvalue weighted by molar-refractivity contribution is 5.69. The Balaban J connectivity index is 2.40. The number of nitrogen functional groups attached to an aromatic ring is 1. The fourth-order valence-corrected chi connectivity index (χ4v) is 1.21. The molecule has 0 saturated heterocycles. The van der Waals surface area contributed by atoms with Gasteiger partial charge in [0.2, 0.25) is 5.95 Å². The molecular weight excluding hydrogens is 208 g/mol. The van der Waals surface area contributed by atoms with E-state index in [0.29, 0.717) is 31.2 Å². The van der Waals surface area contributed by atoms with E-state index in [9.17, 15) is 4.79 Å². The van der Waals surface area contributed by atoms with Gasteiger partial charge in [0, 0.05) is 26.2 Å². The van der Waals surface area contributed by atoms with E-state index in [-0.39, 0.29) is 5.97 Å². The number of ether oxygens (including phenoxy) is 1. The second-order valence-corrected chi connectivity index (χ2v) is 3.38. The molecule has 88 valence electrons. The minimum absolute atomic E-state index is 0.207. The minimum Gasteiger partial charge on any atom is -0.469 e. The number of rotatable bonds is 5. The van der Waals surface area contributed by atoms with Crippen LogP contribution in [0.25, 0.3) is 0 Å². The van der Waals surface area contributed by atoms with Crippen LogP contribution in [-0.2, 0) is 9.53 Å². The molecule has 0 atom stereocenters. The highest BCUT2D eigenvalue weighted by atomic mass is 16.5. The molecule has 0 spiro atoms. The smallest absolute Gasteiger partial charge is 0.305 e. The van der Waals surface area contributed by atoms with E-state index >= 15 is 0 Å². The van der Waals surface area contributed by atoms with Gasteiger partial charge in [0.25, 0.3) is 0 Å². The zero-order valence-electron chi connectivity index (χ0n) is 9.51. The van der Waals surface area contributed by atoms with Gasteiger partial charge in [0.1, 0.15) is 5.82 Å². The monoisotopic (exact) mass is 224 g/mol. The first kappa shape index (κ1) is 12.2. The number of anilines is 2. The third-order valence-electron chi connectivity index (χ3n) is 2.11. The standard InChI is InChI=1S/C10H16N4O2/c1-14(7-3-4-9(15)16-2)10-12-6-5-8(11)13-10/h5-6H,3-4,7H2,1-2H3,(H2,11,12,13).